The first-order chi connectivity index (χ1) is 8.13. The van der Waals surface area contributed by atoms with Crippen molar-refractivity contribution in [3.63, 3.8) is 0 Å². The van der Waals surface area contributed by atoms with Crippen molar-refractivity contribution in [2.45, 2.75) is 39.7 Å². The van der Waals surface area contributed by atoms with Crippen molar-refractivity contribution in [1.29, 1.82) is 0 Å². The van der Waals surface area contributed by atoms with E-state index in [2.05, 4.69) is 28.7 Å². The van der Waals surface area contributed by atoms with Gasteiger partial charge in [0.15, 0.2) is 5.82 Å². The summed E-state index contributed by atoms with van der Waals surface area (Å²) in [5, 5.41) is 0. The molecule has 0 saturated carbocycles. The number of hydrogen-bond donors (Lipinski definition) is 2. The summed E-state index contributed by atoms with van der Waals surface area (Å²) in [6.45, 7) is 7.79. The Balaban J connectivity index is 2.92. The summed E-state index contributed by atoms with van der Waals surface area (Å²) in [4.78, 5) is 9.76. The van der Waals surface area contributed by atoms with E-state index in [1.54, 1.807) is 7.11 Å². The van der Waals surface area contributed by atoms with Crippen molar-refractivity contribution in [2.75, 3.05) is 30.9 Å². The van der Waals surface area contributed by atoms with Gasteiger partial charge in [0.05, 0.1) is 6.61 Å². The monoisotopic (exact) mass is 240 g/mol. The Morgan fingerprint density at radius 3 is 2.47 bits per heavy atom. The molecule has 3 N–H and O–H groups in total. The molecule has 0 saturated heterocycles. The number of H-pyrrole nitrogens is 1. The van der Waals surface area contributed by atoms with Crippen LogP contribution in [0.15, 0.2) is 0 Å². The van der Waals surface area contributed by atoms with Gasteiger partial charge in [0.1, 0.15) is 11.6 Å². The maximum absolute atomic E-state index is 5.96. The van der Waals surface area contributed by atoms with Crippen LogP contribution >= 0.6 is 0 Å². The van der Waals surface area contributed by atoms with Gasteiger partial charge in [0, 0.05) is 19.7 Å². The fraction of sp³-hybridized carbons (Fsp3) is 0.750. The average molecular weight is 240 g/mol. The van der Waals surface area contributed by atoms with Gasteiger partial charge in [-0.3, -0.25) is 0 Å². The molecule has 0 aromatic carbocycles. The molecule has 1 heterocycles. The molecule has 5 heteroatoms. The third-order valence-corrected chi connectivity index (χ3v) is 3.02. The number of ether oxygens (including phenoxy) is 1. The number of anilines is 2. The van der Waals surface area contributed by atoms with Gasteiger partial charge in [-0.15, -0.1) is 0 Å². The van der Waals surface area contributed by atoms with Gasteiger partial charge >= 0.3 is 0 Å². The van der Waals surface area contributed by atoms with Crippen LogP contribution in [0.2, 0.25) is 0 Å². The zero-order chi connectivity index (χ0) is 12.8. The van der Waals surface area contributed by atoms with Gasteiger partial charge < -0.3 is 20.4 Å². The molecule has 98 valence electrons. The number of aromatic nitrogens is 2. The lowest BCUT2D eigenvalue weighted by atomic mass is 10.1. The smallest absolute Gasteiger partial charge is 0.171 e. The summed E-state index contributed by atoms with van der Waals surface area (Å²) in [7, 11) is 1.71. The van der Waals surface area contributed by atoms with Crippen LogP contribution < -0.4 is 10.6 Å². The van der Waals surface area contributed by atoms with Crippen molar-refractivity contribution in [3.8, 4) is 0 Å². The molecule has 0 radical (unpaired) electrons. The molecular weight excluding hydrogens is 216 g/mol. The zero-order valence-electron chi connectivity index (χ0n) is 11.3. The van der Waals surface area contributed by atoms with Crippen LogP contribution in [-0.2, 0) is 4.74 Å². The topological polar surface area (TPSA) is 67.2 Å². The summed E-state index contributed by atoms with van der Waals surface area (Å²) in [5.41, 5.74) is 5.96. The van der Waals surface area contributed by atoms with E-state index in [1.165, 1.54) is 0 Å². The standard InChI is InChI=1S/C12H24N4O/c1-5-10(6-2)16(7-8-17-4)12-11(13)14-9(3)15-12/h10H,5-8,13H2,1-4H3,(H,14,15). The molecule has 0 aliphatic heterocycles. The number of nitrogen functional groups attached to an aromatic ring is 1. The number of nitrogens with two attached hydrogens (primary N) is 1. The summed E-state index contributed by atoms with van der Waals surface area (Å²) in [6.07, 6.45) is 2.15. The fourth-order valence-electron chi connectivity index (χ4n) is 2.10. The van der Waals surface area contributed by atoms with E-state index in [1.807, 2.05) is 6.92 Å². The highest BCUT2D eigenvalue weighted by molar-refractivity contribution is 5.59. The van der Waals surface area contributed by atoms with Crippen molar-refractivity contribution in [3.05, 3.63) is 5.82 Å². The minimum Gasteiger partial charge on any atom is -0.383 e. The molecule has 0 atom stereocenters. The Hall–Kier alpha value is -1.23. The normalized spacial score (nSPS) is 11.1. The zero-order valence-corrected chi connectivity index (χ0v) is 11.3. The number of methoxy groups -OCH3 is 1. The summed E-state index contributed by atoms with van der Waals surface area (Å²) in [6, 6.07) is 0.454. The molecule has 0 aliphatic carbocycles. The molecule has 0 aliphatic rings. The molecule has 0 spiro atoms. The molecule has 0 bridgehead atoms. The molecule has 5 nitrogen and oxygen atoms in total. The first-order valence-corrected chi connectivity index (χ1v) is 6.21. The Morgan fingerprint density at radius 2 is 2.06 bits per heavy atom. The summed E-state index contributed by atoms with van der Waals surface area (Å²) in [5.74, 6) is 2.35. The lowest BCUT2D eigenvalue weighted by Crippen LogP contribution is -2.37. The third-order valence-electron chi connectivity index (χ3n) is 3.02. The van der Waals surface area contributed by atoms with Crippen molar-refractivity contribution in [1.82, 2.24) is 9.97 Å². The second kappa shape index (κ2) is 6.49. The number of hydrogen-bond acceptors (Lipinski definition) is 4. The summed E-state index contributed by atoms with van der Waals surface area (Å²) >= 11 is 0. The Kier molecular flexibility index (Phi) is 5.28. The molecule has 1 aromatic rings. The van der Waals surface area contributed by atoms with Gasteiger partial charge in [0.2, 0.25) is 0 Å². The number of aromatic amines is 1. The minimum absolute atomic E-state index is 0.454. The quantitative estimate of drug-likeness (QED) is 0.764. The molecule has 0 unspecified atom stereocenters. The van der Waals surface area contributed by atoms with Gasteiger partial charge in [-0.25, -0.2) is 4.98 Å². The molecule has 1 rings (SSSR count). The highest BCUT2D eigenvalue weighted by Crippen LogP contribution is 2.24. The number of aryl methyl sites for hydroxylation is 1. The van der Waals surface area contributed by atoms with Gasteiger partial charge in [-0.2, -0.15) is 0 Å². The largest absolute Gasteiger partial charge is 0.383 e. The highest BCUT2D eigenvalue weighted by Gasteiger charge is 2.20. The van der Waals surface area contributed by atoms with Gasteiger partial charge in [-0.1, -0.05) is 13.8 Å². The molecule has 0 fully saturated rings. The van der Waals surface area contributed by atoms with Crippen LogP contribution in [0.4, 0.5) is 11.6 Å². The van der Waals surface area contributed by atoms with Crippen molar-refractivity contribution >= 4 is 11.6 Å². The average Bonchev–Trinajstić information content (AvgIpc) is 2.64. The van der Waals surface area contributed by atoms with E-state index in [9.17, 15) is 0 Å². The molecular formula is C12H24N4O. The van der Waals surface area contributed by atoms with E-state index in [0.29, 0.717) is 18.5 Å². The van der Waals surface area contributed by atoms with Crippen LogP contribution in [0.1, 0.15) is 32.5 Å². The summed E-state index contributed by atoms with van der Waals surface area (Å²) < 4.78 is 5.16. The Labute approximate surface area is 103 Å². The van der Waals surface area contributed by atoms with Crippen LogP contribution in [-0.4, -0.2) is 36.3 Å². The highest BCUT2D eigenvalue weighted by atomic mass is 16.5. The fourth-order valence-corrected chi connectivity index (χ4v) is 2.10. The lowest BCUT2D eigenvalue weighted by molar-refractivity contribution is 0.202. The SMILES string of the molecule is CCC(CC)N(CCOC)c1nc(C)[nH]c1N. The van der Waals surface area contributed by atoms with Crippen LogP contribution in [0.5, 0.6) is 0 Å². The molecule has 17 heavy (non-hydrogen) atoms. The van der Waals surface area contributed by atoms with E-state index >= 15 is 0 Å². The van der Waals surface area contributed by atoms with Gasteiger partial charge in [0.25, 0.3) is 0 Å². The van der Waals surface area contributed by atoms with E-state index in [4.69, 9.17) is 10.5 Å². The minimum atomic E-state index is 0.454. The predicted molar refractivity (Wildman–Crippen MR) is 71.3 cm³/mol. The predicted octanol–water partition coefficient (Wildman–Crippen LogP) is 1.94. The first kappa shape index (κ1) is 13.8. The van der Waals surface area contributed by atoms with E-state index in [0.717, 1.165) is 31.0 Å². The number of imidazole rings is 1. The number of nitrogens with one attached hydrogen (secondary N) is 1. The van der Waals surface area contributed by atoms with Crippen LogP contribution in [0.3, 0.4) is 0 Å². The second-order valence-electron chi connectivity index (χ2n) is 4.22. The molecule has 1 aromatic heterocycles. The third kappa shape index (κ3) is 3.36. The molecule has 0 amide bonds. The maximum atomic E-state index is 5.96. The second-order valence-corrected chi connectivity index (χ2v) is 4.22. The van der Waals surface area contributed by atoms with Gasteiger partial charge in [-0.05, 0) is 19.8 Å². The van der Waals surface area contributed by atoms with E-state index in [-0.39, 0.29) is 0 Å². The first-order valence-electron chi connectivity index (χ1n) is 6.21. The lowest BCUT2D eigenvalue weighted by Gasteiger charge is -2.30. The van der Waals surface area contributed by atoms with E-state index < -0.39 is 0 Å². The number of nitrogens with zero attached hydrogens (tertiary/aromatic N) is 2. The van der Waals surface area contributed by atoms with Crippen molar-refractivity contribution < 1.29 is 4.74 Å². The Morgan fingerprint density at radius 1 is 1.41 bits per heavy atom. The maximum Gasteiger partial charge on any atom is 0.171 e. The van der Waals surface area contributed by atoms with Crippen LogP contribution in [0.25, 0.3) is 0 Å². The van der Waals surface area contributed by atoms with Crippen LogP contribution in [0, 0.1) is 6.92 Å². The van der Waals surface area contributed by atoms with Crippen molar-refractivity contribution in [2.24, 2.45) is 0 Å². The number of rotatable bonds is 7. The Bertz CT molecular complexity index is 333.